The van der Waals surface area contributed by atoms with Crippen molar-refractivity contribution >= 4 is 5.69 Å². The minimum absolute atomic E-state index is 0.313. The maximum absolute atomic E-state index is 9.68. The van der Waals surface area contributed by atoms with E-state index in [0.29, 0.717) is 0 Å². The van der Waals surface area contributed by atoms with Gasteiger partial charge in [-0.1, -0.05) is 48.5 Å². The zero-order chi connectivity index (χ0) is 13.8. The molecule has 1 saturated heterocycles. The first-order chi connectivity index (χ1) is 9.84. The summed E-state index contributed by atoms with van der Waals surface area (Å²) in [5.41, 5.74) is 2.11. The van der Waals surface area contributed by atoms with Gasteiger partial charge in [0.2, 0.25) is 0 Å². The SMILES string of the molecule is N#CC1(c2ccccc2)CCN(c2ccccc2)CC1. The van der Waals surface area contributed by atoms with Gasteiger partial charge in [0.05, 0.1) is 11.5 Å². The summed E-state index contributed by atoms with van der Waals surface area (Å²) in [5, 5.41) is 9.68. The standard InChI is InChI=1S/C18H18N2/c19-15-18(16-7-3-1-4-8-16)11-13-20(14-12-18)17-9-5-2-6-10-17/h1-10H,11-14H2. The summed E-state index contributed by atoms with van der Waals surface area (Å²) in [6, 6.07) is 23.3. The Bertz CT molecular complexity index is 590. The molecule has 0 N–H and O–H groups in total. The third-order valence-corrected chi connectivity index (χ3v) is 4.28. The van der Waals surface area contributed by atoms with Gasteiger partial charge in [0.1, 0.15) is 0 Å². The monoisotopic (exact) mass is 262 g/mol. The van der Waals surface area contributed by atoms with Crippen LogP contribution in [0.25, 0.3) is 0 Å². The molecule has 0 amide bonds. The Balaban J connectivity index is 1.79. The summed E-state index contributed by atoms with van der Waals surface area (Å²) >= 11 is 0. The number of hydrogen-bond donors (Lipinski definition) is 0. The van der Waals surface area contributed by atoms with Crippen LogP contribution in [0.4, 0.5) is 5.69 Å². The van der Waals surface area contributed by atoms with E-state index in [9.17, 15) is 5.26 Å². The largest absolute Gasteiger partial charge is 0.371 e. The maximum atomic E-state index is 9.68. The van der Waals surface area contributed by atoms with Gasteiger partial charge in [0, 0.05) is 18.8 Å². The molecule has 1 fully saturated rings. The molecule has 1 aliphatic rings. The van der Waals surface area contributed by atoms with Crippen LogP contribution >= 0.6 is 0 Å². The summed E-state index contributed by atoms with van der Waals surface area (Å²) in [4.78, 5) is 2.37. The first kappa shape index (κ1) is 12.7. The second kappa shape index (κ2) is 5.38. The van der Waals surface area contributed by atoms with Gasteiger partial charge in [-0.15, -0.1) is 0 Å². The summed E-state index contributed by atoms with van der Waals surface area (Å²) in [7, 11) is 0. The van der Waals surface area contributed by atoms with Crippen molar-refractivity contribution in [3.8, 4) is 6.07 Å². The van der Waals surface area contributed by atoms with Crippen molar-refractivity contribution in [3.63, 3.8) is 0 Å². The van der Waals surface area contributed by atoms with E-state index >= 15 is 0 Å². The molecule has 20 heavy (non-hydrogen) atoms. The summed E-state index contributed by atoms with van der Waals surface area (Å²) in [6.07, 6.45) is 1.78. The average Bonchev–Trinajstić information content (AvgIpc) is 2.56. The third kappa shape index (κ3) is 2.28. The lowest BCUT2D eigenvalue weighted by Crippen LogP contribution is -2.41. The fourth-order valence-electron chi connectivity index (χ4n) is 3.01. The summed E-state index contributed by atoms with van der Waals surface area (Å²) in [5.74, 6) is 0. The Labute approximate surface area is 120 Å². The molecule has 0 aromatic heterocycles. The second-order valence-corrected chi connectivity index (χ2v) is 5.38. The quantitative estimate of drug-likeness (QED) is 0.824. The maximum Gasteiger partial charge on any atom is 0.0855 e. The second-order valence-electron chi connectivity index (χ2n) is 5.38. The van der Waals surface area contributed by atoms with Gasteiger partial charge >= 0.3 is 0 Å². The van der Waals surface area contributed by atoms with Gasteiger partial charge in [-0.2, -0.15) is 5.26 Å². The Morgan fingerprint density at radius 3 is 1.95 bits per heavy atom. The van der Waals surface area contributed by atoms with Crippen molar-refractivity contribution in [1.82, 2.24) is 0 Å². The van der Waals surface area contributed by atoms with E-state index < -0.39 is 0 Å². The first-order valence-corrected chi connectivity index (χ1v) is 7.11. The van der Waals surface area contributed by atoms with Gasteiger partial charge in [-0.05, 0) is 30.5 Å². The van der Waals surface area contributed by atoms with Crippen LogP contribution in [0.5, 0.6) is 0 Å². The van der Waals surface area contributed by atoms with Crippen LogP contribution in [0.15, 0.2) is 60.7 Å². The van der Waals surface area contributed by atoms with Gasteiger partial charge < -0.3 is 4.90 Å². The van der Waals surface area contributed by atoms with Crippen LogP contribution in [0, 0.1) is 11.3 Å². The smallest absolute Gasteiger partial charge is 0.0855 e. The lowest BCUT2D eigenvalue weighted by Gasteiger charge is -2.38. The molecular weight excluding hydrogens is 244 g/mol. The first-order valence-electron chi connectivity index (χ1n) is 7.11. The van der Waals surface area contributed by atoms with E-state index in [-0.39, 0.29) is 5.41 Å². The van der Waals surface area contributed by atoms with E-state index in [1.807, 2.05) is 24.3 Å². The van der Waals surface area contributed by atoms with Gasteiger partial charge in [0.15, 0.2) is 0 Å². The van der Waals surface area contributed by atoms with Gasteiger partial charge in [-0.25, -0.2) is 0 Å². The predicted octanol–water partition coefficient (Wildman–Crippen LogP) is 3.75. The van der Waals surface area contributed by atoms with E-state index in [0.717, 1.165) is 31.5 Å². The minimum Gasteiger partial charge on any atom is -0.371 e. The molecule has 0 unspecified atom stereocenters. The van der Waals surface area contributed by atoms with Gasteiger partial charge in [0.25, 0.3) is 0 Å². The molecule has 100 valence electrons. The molecule has 0 saturated carbocycles. The van der Waals surface area contributed by atoms with E-state index in [4.69, 9.17) is 0 Å². The molecule has 0 atom stereocenters. The Morgan fingerprint density at radius 2 is 1.40 bits per heavy atom. The topological polar surface area (TPSA) is 27.0 Å². The minimum atomic E-state index is -0.313. The Kier molecular flexibility index (Phi) is 3.43. The Morgan fingerprint density at radius 1 is 0.850 bits per heavy atom. The zero-order valence-electron chi connectivity index (χ0n) is 11.5. The number of nitriles is 1. The highest BCUT2D eigenvalue weighted by molar-refractivity contribution is 5.48. The lowest BCUT2D eigenvalue weighted by molar-refractivity contribution is 0.416. The molecule has 0 bridgehead atoms. The summed E-state index contributed by atoms with van der Waals surface area (Å²) in [6.45, 7) is 1.87. The fourth-order valence-corrected chi connectivity index (χ4v) is 3.01. The molecule has 0 radical (unpaired) electrons. The highest BCUT2D eigenvalue weighted by Gasteiger charge is 2.36. The van der Waals surface area contributed by atoms with E-state index in [1.54, 1.807) is 0 Å². The number of anilines is 1. The van der Waals surface area contributed by atoms with Crippen LogP contribution < -0.4 is 4.90 Å². The average molecular weight is 262 g/mol. The molecule has 0 spiro atoms. The van der Waals surface area contributed by atoms with Crippen molar-refractivity contribution in [3.05, 3.63) is 66.2 Å². The molecule has 2 aromatic carbocycles. The van der Waals surface area contributed by atoms with E-state index in [2.05, 4.69) is 47.4 Å². The normalized spacial score (nSPS) is 17.4. The number of benzene rings is 2. The molecule has 1 heterocycles. The molecule has 2 nitrogen and oxygen atoms in total. The fraction of sp³-hybridized carbons (Fsp3) is 0.278. The number of para-hydroxylation sites is 1. The lowest BCUT2D eigenvalue weighted by atomic mass is 9.74. The highest BCUT2D eigenvalue weighted by atomic mass is 15.1. The third-order valence-electron chi connectivity index (χ3n) is 4.28. The number of rotatable bonds is 2. The number of piperidine rings is 1. The van der Waals surface area contributed by atoms with Crippen molar-refractivity contribution in [2.24, 2.45) is 0 Å². The van der Waals surface area contributed by atoms with Crippen molar-refractivity contribution in [2.75, 3.05) is 18.0 Å². The van der Waals surface area contributed by atoms with Crippen LogP contribution in [-0.2, 0) is 5.41 Å². The highest BCUT2D eigenvalue weighted by Crippen LogP contribution is 2.36. The predicted molar refractivity (Wildman–Crippen MR) is 81.6 cm³/mol. The molecule has 3 rings (SSSR count). The van der Waals surface area contributed by atoms with Crippen LogP contribution in [0.3, 0.4) is 0 Å². The molecule has 2 heteroatoms. The van der Waals surface area contributed by atoms with Crippen molar-refractivity contribution < 1.29 is 0 Å². The molecule has 0 aliphatic carbocycles. The van der Waals surface area contributed by atoms with Crippen LogP contribution in [0.1, 0.15) is 18.4 Å². The Hall–Kier alpha value is -2.27. The van der Waals surface area contributed by atoms with Crippen molar-refractivity contribution in [2.45, 2.75) is 18.3 Å². The number of hydrogen-bond acceptors (Lipinski definition) is 2. The summed E-state index contributed by atoms with van der Waals surface area (Å²) < 4.78 is 0. The molecular formula is C18H18N2. The van der Waals surface area contributed by atoms with Crippen LogP contribution in [0.2, 0.25) is 0 Å². The molecule has 1 aliphatic heterocycles. The van der Waals surface area contributed by atoms with Gasteiger partial charge in [-0.3, -0.25) is 0 Å². The van der Waals surface area contributed by atoms with Crippen molar-refractivity contribution in [1.29, 1.82) is 5.26 Å². The molecule has 2 aromatic rings. The number of nitrogens with zero attached hydrogens (tertiary/aromatic N) is 2. The van der Waals surface area contributed by atoms with Crippen LogP contribution in [-0.4, -0.2) is 13.1 Å². The van der Waals surface area contributed by atoms with E-state index in [1.165, 1.54) is 5.69 Å². The zero-order valence-corrected chi connectivity index (χ0v) is 11.5.